The van der Waals surface area contributed by atoms with Crippen molar-refractivity contribution in [3.63, 3.8) is 0 Å². The van der Waals surface area contributed by atoms with Crippen LogP contribution < -0.4 is 10.6 Å². The second-order valence-electron chi connectivity index (χ2n) is 4.47. The third kappa shape index (κ3) is 4.67. The van der Waals surface area contributed by atoms with Crippen molar-refractivity contribution >= 4 is 17.5 Å². The fraction of sp³-hybridized carbons (Fsp3) is 0.385. The molecular formula is C13H17FN2O3. The molecule has 0 saturated carbocycles. The molecule has 0 aliphatic carbocycles. The van der Waals surface area contributed by atoms with Crippen LogP contribution in [0.4, 0.5) is 10.1 Å². The molecule has 0 radical (unpaired) electrons. The van der Waals surface area contributed by atoms with Crippen molar-refractivity contribution in [3.8, 4) is 0 Å². The second kappa shape index (κ2) is 6.29. The number of amides is 2. The molecule has 0 spiro atoms. The van der Waals surface area contributed by atoms with Crippen LogP contribution in [0.1, 0.15) is 20.3 Å². The maximum Gasteiger partial charge on any atom is 0.313 e. The summed E-state index contributed by atoms with van der Waals surface area (Å²) in [5.41, 5.74) is -1.14. The molecule has 3 N–H and O–H groups in total. The van der Waals surface area contributed by atoms with Crippen LogP contribution in [0.2, 0.25) is 0 Å². The Morgan fingerprint density at radius 2 is 1.95 bits per heavy atom. The quantitative estimate of drug-likeness (QED) is 0.714. The van der Waals surface area contributed by atoms with E-state index in [-0.39, 0.29) is 12.2 Å². The standard InChI is InChI=1S/C13H17FN2O3/c1-3-13(2,19)8-15-11(17)12(18)16-10-7-5-4-6-9(10)14/h4-7,19H,3,8H2,1-2H3,(H,15,17)(H,16,18)/t13-/m1/s1. The summed E-state index contributed by atoms with van der Waals surface area (Å²) in [6.45, 7) is 3.25. The Bertz CT molecular complexity index is 475. The van der Waals surface area contributed by atoms with Crippen LogP contribution in [-0.4, -0.2) is 29.1 Å². The monoisotopic (exact) mass is 268 g/mol. The summed E-state index contributed by atoms with van der Waals surface area (Å²) in [7, 11) is 0. The van der Waals surface area contributed by atoms with Gasteiger partial charge in [-0.15, -0.1) is 0 Å². The number of carbonyl (C=O) groups excluding carboxylic acids is 2. The number of halogens is 1. The fourth-order valence-electron chi connectivity index (χ4n) is 1.22. The molecule has 0 fully saturated rings. The van der Waals surface area contributed by atoms with Crippen LogP contribution in [0, 0.1) is 5.82 Å². The van der Waals surface area contributed by atoms with Crippen LogP contribution in [0.25, 0.3) is 0 Å². The molecule has 0 aliphatic rings. The minimum atomic E-state index is -1.08. The van der Waals surface area contributed by atoms with E-state index in [9.17, 15) is 19.1 Å². The summed E-state index contributed by atoms with van der Waals surface area (Å²) in [4.78, 5) is 23.0. The Hall–Kier alpha value is -1.95. The Morgan fingerprint density at radius 3 is 2.53 bits per heavy atom. The number of para-hydroxylation sites is 1. The van der Waals surface area contributed by atoms with Crippen molar-refractivity contribution in [2.45, 2.75) is 25.9 Å². The molecule has 5 nitrogen and oxygen atoms in total. The van der Waals surface area contributed by atoms with E-state index in [1.807, 2.05) is 0 Å². The van der Waals surface area contributed by atoms with E-state index in [4.69, 9.17) is 0 Å². The lowest BCUT2D eigenvalue weighted by Crippen LogP contribution is -2.44. The number of aliphatic hydroxyl groups is 1. The summed E-state index contributed by atoms with van der Waals surface area (Å²) < 4.78 is 13.3. The number of nitrogens with one attached hydrogen (secondary N) is 2. The lowest BCUT2D eigenvalue weighted by atomic mass is 10.0. The largest absolute Gasteiger partial charge is 0.388 e. The smallest absolute Gasteiger partial charge is 0.313 e. The Kier molecular flexibility index (Phi) is 5.00. The van der Waals surface area contributed by atoms with E-state index >= 15 is 0 Å². The van der Waals surface area contributed by atoms with Crippen molar-refractivity contribution in [2.75, 3.05) is 11.9 Å². The van der Waals surface area contributed by atoms with E-state index in [1.54, 1.807) is 19.9 Å². The van der Waals surface area contributed by atoms with Crippen LogP contribution in [0.3, 0.4) is 0 Å². The number of benzene rings is 1. The van der Waals surface area contributed by atoms with Gasteiger partial charge in [-0.2, -0.15) is 0 Å². The van der Waals surface area contributed by atoms with Gasteiger partial charge in [0.1, 0.15) is 5.82 Å². The first-order valence-electron chi connectivity index (χ1n) is 5.92. The highest BCUT2D eigenvalue weighted by Crippen LogP contribution is 2.12. The molecule has 1 aromatic carbocycles. The van der Waals surface area contributed by atoms with Gasteiger partial charge in [-0.1, -0.05) is 19.1 Å². The predicted octanol–water partition coefficient (Wildman–Crippen LogP) is 1.04. The van der Waals surface area contributed by atoms with Gasteiger partial charge in [-0.05, 0) is 25.5 Å². The van der Waals surface area contributed by atoms with E-state index in [0.717, 1.165) is 0 Å². The zero-order valence-corrected chi connectivity index (χ0v) is 10.9. The first-order chi connectivity index (χ1) is 8.85. The van der Waals surface area contributed by atoms with E-state index in [0.29, 0.717) is 6.42 Å². The van der Waals surface area contributed by atoms with Crippen molar-refractivity contribution in [1.29, 1.82) is 0 Å². The lowest BCUT2D eigenvalue weighted by molar-refractivity contribution is -0.136. The molecular weight excluding hydrogens is 251 g/mol. The molecule has 6 heteroatoms. The highest BCUT2D eigenvalue weighted by Gasteiger charge is 2.21. The molecule has 19 heavy (non-hydrogen) atoms. The Labute approximate surface area is 110 Å². The van der Waals surface area contributed by atoms with E-state index in [2.05, 4.69) is 10.6 Å². The number of rotatable bonds is 4. The maximum atomic E-state index is 13.3. The van der Waals surface area contributed by atoms with Gasteiger partial charge >= 0.3 is 11.8 Å². The van der Waals surface area contributed by atoms with E-state index in [1.165, 1.54) is 18.2 Å². The van der Waals surface area contributed by atoms with Crippen molar-refractivity contribution < 1.29 is 19.1 Å². The molecule has 1 aromatic rings. The van der Waals surface area contributed by atoms with Crippen molar-refractivity contribution in [2.24, 2.45) is 0 Å². The van der Waals surface area contributed by atoms with Crippen molar-refractivity contribution in [1.82, 2.24) is 5.32 Å². The number of carbonyl (C=O) groups is 2. The number of anilines is 1. The summed E-state index contributed by atoms with van der Waals surface area (Å²) in [6.07, 6.45) is 0.433. The van der Waals surface area contributed by atoms with Gasteiger partial charge in [-0.25, -0.2) is 4.39 Å². The van der Waals surface area contributed by atoms with Gasteiger partial charge in [-0.3, -0.25) is 9.59 Å². The second-order valence-corrected chi connectivity index (χ2v) is 4.47. The molecule has 1 atom stereocenters. The van der Waals surface area contributed by atoms with Crippen LogP contribution >= 0.6 is 0 Å². The topological polar surface area (TPSA) is 78.4 Å². The molecule has 0 unspecified atom stereocenters. The fourth-order valence-corrected chi connectivity index (χ4v) is 1.22. The summed E-state index contributed by atoms with van der Waals surface area (Å²) in [5, 5.41) is 14.1. The molecule has 0 saturated heterocycles. The van der Waals surface area contributed by atoms with Gasteiger partial charge in [0.05, 0.1) is 11.3 Å². The van der Waals surface area contributed by atoms with Crippen LogP contribution in [-0.2, 0) is 9.59 Å². The summed E-state index contributed by atoms with van der Waals surface area (Å²) >= 11 is 0. The molecule has 0 bridgehead atoms. The normalized spacial score (nSPS) is 13.5. The zero-order chi connectivity index (χ0) is 14.5. The first-order valence-corrected chi connectivity index (χ1v) is 5.92. The van der Waals surface area contributed by atoms with Crippen molar-refractivity contribution in [3.05, 3.63) is 30.1 Å². The van der Waals surface area contributed by atoms with Gasteiger partial charge in [0.25, 0.3) is 0 Å². The minimum absolute atomic E-state index is 0.0486. The van der Waals surface area contributed by atoms with Gasteiger partial charge in [0.2, 0.25) is 0 Å². The zero-order valence-electron chi connectivity index (χ0n) is 10.9. The molecule has 104 valence electrons. The molecule has 0 aromatic heterocycles. The molecule has 0 aliphatic heterocycles. The van der Waals surface area contributed by atoms with Gasteiger partial charge in [0, 0.05) is 6.54 Å². The van der Waals surface area contributed by atoms with Crippen LogP contribution in [0.15, 0.2) is 24.3 Å². The van der Waals surface area contributed by atoms with E-state index < -0.39 is 23.2 Å². The first kappa shape index (κ1) is 15.1. The lowest BCUT2D eigenvalue weighted by Gasteiger charge is -2.21. The third-order valence-electron chi connectivity index (χ3n) is 2.72. The molecule has 2 amide bonds. The SMILES string of the molecule is CC[C@@](C)(O)CNC(=O)C(=O)Nc1ccccc1F. The predicted molar refractivity (Wildman–Crippen MR) is 69.0 cm³/mol. The average Bonchev–Trinajstić information content (AvgIpc) is 2.38. The van der Waals surface area contributed by atoms with Gasteiger partial charge in [0.15, 0.2) is 0 Å². The summed E-state index contributed by atoms with van der Waals surface area (Å²) in [6, 6.07) is 5.54. The highest BCUT2D eigenvalue weighted by molar-refractivity contribution is 6.39. The molecule has 0 heterocycles. The Morgan fingerprint density at radius 1 is 1.32 bits per heavy atom. The Balaban J connectivity index is 2.55. The number of hydrogen-bond acceptors (Lipinski definition) is 3. The maximum absolute atomic E-state index is 13.3. The van der Waals surface area contributed by atoms with Gasteiger partial charge < -0.3 is 15.7 Å². The van der Waals surface area contributed by atoms with Crippen LogP contribution in [0.5, 0.6) is 0 Å². The molecule has 1 rings (SSSR count). The summed E-state index contributed by atoms with van der Waals surface area (Å²) in [5.74, 6) is -2.52. The highest BCUT2D eigenvalue weighted by atomic mass is 19.1. The number of hydrogen-bond donors (Lipinski definition) is 3. The minimum Gasteiger partial charge on any atom is -0.388 e. The average molecular weight is 268 g/mol. The third-order valence-corrected chi connectivity index (χ3v) is 2.72.